The Hall–Kier alpha value is -2.90. The predicted molar refractivity (Wildman–Crippen MR) is 101 cm³/mol. The van der Waals surface area contributed by atoms with Crippen LogP contribution in [0.4, 0.5) is 0 Å². The minimum Gasteiger partial charge on any atom is -0.457 e. The highest BCUT2D eigenvalue weighted by molar-refractivity contribution is 5.94. The molecule has 3 N–H and O–H groups in total. The van der Waals surface area contributed by atoms with Crippen molar-refractivity contribution in [3.63, 3.8) is 0 Å². The minimum atomic E-state index is -0.546. The first kappa shape index (κ1) is 18.9. The average molecular weight is 369 g/mol. The molecule has 27 heavy (non-hydrogen) atoms. The number of hydrogen-bond acceptors (Lipinski definition) is 5. The number of rotatable bonds is 5. The Kier molecular flexibility index (Phi) is 5.43. The van der Waals surface area contributed by atoms with E-state index in [1.165, 1.54) is 0 Å². The third kappa shape index (κ3) is 4.27. The summed E-state index contributed by atoms with van der Waals surface area (Å²) in [5.41, 5.74) is 6.16. The van der Waals surface area contributed by atoms with Gasteiger partial charge in [0.15, 0.2) is 0 Å². The number of carbonyl (C=O) groups is 2. The maximum absolute atomic E-state index is 12.6. The molecular formula is C20H23N3O4. The lowest BCUT2D eigenvalue weighted by molar-refractivity contribution is 0.0764. The summed E-state index contributed by atoms with van der Waals surface area (Å²) in [5, 5.41) is 10.1. The second kappa shape index (κ2) is 7.77. The zero-order valence-electron chi connectivity index (χ0n) is 15.3. The lowest BCUT2D eigenvalue weighted by Gasteiger charge is -2.21. The summed E-state index contributed by atoms with van der Waals surface area (Å²) in [5.74, 6) is 0.533. The number of nitrogens with two attached hydrogens (primary N) is 1. The largest absolute Gasteiger partial charge is 0.457 e. The number of carbonyl (C=O) groups excluding carboxylic acids is 2. The second-order valence-electron chi connectivity index (χ2n) is 6.82. The van der Waals surface area contributed by atoms with E-state index in [4.69, 9.17) is 10.5 Å². The van der Waals surface area contributed by atoms with E-state index in [1.807, 2.05) is 19.0 Å². The van der Waals surface area contributed by atoms with Crippen LogP contribution < -0.4 is 10.5 Å². The van der Waals surface area contributed by atoms with Crippen molar-refractivity contribution < 1.29 is 19.4 Å². The number of nitrogens with zero attached hydrogens (tertiary/aromatic N) is 2. The highest BCUT2D eigenvalue weighted by Gasteiger charge is 2.35. The highest BCUT2D eigenvalue weighted by atomic mass is 16.5. The number of aliphatic hydroxyl groups excluding tert-OH is 1. The van der Waals surface area contributed by atoms with Crippen molar-refractivity contribution in [3.8, 4) is 11.5 Å². The van der Waals surface area contributed by atoms with Crippen LogP contribution in [0.2, 0.25) is 0 Å². The van der Waals surface area contributed by atoms with Crippen molar-refractivity contribution in [3.05, 3.63) is 59.7 Å². The molecule has 1 heterocycles. The van der Waals surface area contributed by atoms with Crippen LogP contribution in [0.5, 0.6) is 11.5 Å². The molecule has 0 aromatic heterocycles. The first-order valence-electron chi connectivity index (χ1n) is 8.66. The molecule has 0 saturated carbocycles. The van der Waals surface area contributed by atoms with E-state index < -0.39 is 12.0 Å². The molecule has 1 aliphatic rings. The van der Waals surface area contributed by atoms with Crippen LogP contribution in [0.25, 0.3) is 0 Å². The number of hydrogen-bond donors (Lipinski definition) is 2. The normalized spacial score (nSPS) is 19.3. The third-order valence-corrected chi connectivity index (χ3v) is 4.69. The Morgan fingerprint density at radius 3 is 1.96 bits per heavy atom. The molecule has 7 nitrogen and oxygen atoms in total. The van der Waals surface area contributed by atoms with E-state index in [0.717, 1.165) is 0 Å². The number of ether oxygens (including phenoxy) is 1. The van der Waals surface area contributed by atoms with Gasteiger partial charge in [-0.2, -0.15) is 0 Å². The molecule has 2 aromatic rings. The summed E-state index contributed by atoms with van der Waals surface area (Å²) in [6, 6.07) is 13.3. The second-order valence-corrected chi connectivity index (χ2v) is 6.82. The number of likely N-dealkylation sites (N-methyl/N-ethyl adjacent to an activating group) is 1. The van der Waals surface area contributed by atoms with Crippen molar-refractivity contribution in [2.45, 2.75) is 12.1 Å². The summed E-state index contributed by atoms with van der Waals surface area (Å²) in [7, 11) is 3.79. The SMILES string of the molecule is CN(C)[C@H]1CN(C(=O)c2ccc(Oc3ccc(C(N)=O)cc3)cc2)C[C@@H]1O. The molecule has 2 aromatic carbocycles. The Morgan fingerprint density at radius 1 is 1.00 bits per heavy atom. The molecule has 1 aliphatic heterocycles. The van der Waals surface area contributed by atoms with Gasteiger partial charge in [-0.25, -0.2) is 0 Å². The molecule has 0 bridgehead atoms. The summed E-state index contributed by atoms with van der Waals surface area (Å²) >= 11 is 0. The predicted octanol–water partition coefficient (Wildman–Crippen LogP) is 1.32. The zero-order valence-corrected chi connectivity index (χ0v) is 15.3. The standard InChI is InChI=1S/C20H23N3O4/c1-22(2)17-11-23(12-18(17)24)20(26)14-5-9-16(10-6-14)27-15-7-3-13(4-8-15)19(21)25/h3-10,17-18,24H,11-12H2,1-2H3,(H2,21,25)/t17-,18-/m0/s1. The summed E-state index contributed by atoms with van der Waals surface area (Å²) in [6.45, 7) is 0.823. The molecule has 0 unspecified atom stereocenters. The number of likely N-dealkylation sites (tertiary alicyclic amines) is 1. The summed E-state index contributed by atoms with van der Waals surface area (Å²) in [6.07, 6.45) is -0.546. The Balaban J connectivity index is 1.65. The van der Waals surface area contributed by atoms with E-state index in [1.54, 1.807) is 53.4 Å². The fraction of sp³-hybridized carbons (Fsp3) is 0.300. The maximum Gasteiger partial charge on any atom is 0.254 e. The lowest BCUT2D eigenvalue weighted by atomic mass is 10.2. The van der Waals surface area contributed by atoms with Crippen LogP contribution >= 0.6 is 0 Å². The van der Waals surface area contributed by atoms with Gasteiger partial charge in [0.25, 0.3) is 5.91 Å². The first-order chi connectivity index (χ1) is 12.8. The van der Waals surface area contributed by atoms with Crippen molar-refractivity contribution in [2.75, 3.05) is 27.2 Å². The van der Waals surface area contributed by atoms with Crippen molar-refractivity contribution in [1.29, 1.82) is 0 Å². The molecular weight excluding hydrogens is 346 g/mol. The van der Waals surface area contributed by atoms with Gasteiger partial charge in [0.1, 0.15) is 11.5 Å². The van der Waals surface area contributed by atoms with Crippen LogP contribution in [-0.2, 0) is 0 Å². The molecule has 7 heteroatoms. The van der Waals surface area contributed by atoms with Gasteiger partial charge in [-0.05, 0) is 62.6 Å². The van der Waals surface area contributed by atoms with Gasteiger partial charge in [-0.3, -0.25) is 9.59 Å². The van der Waals surface area contributed by atoms with Gasteiger partial charge in [-0.15, -0.1) is 0 Å². The topological polar surface area (TPSA) is 96.1 Å². The zero-order chi connectivity index (χ0) is 19.6. The minimum absolute atomic E-state index is 0.0556. The Labute approximate surface area is 157 Å². The fourth-order valence-corrected chi connectivity index (χ4v) is 3.11. The van der Waals surface area contributed by atoms with Crippen molar-refractivity contribution in [1.82, 2.24) is 9.80 Å². The smallest absolute Gasteiger partial charge is 0.254 e. The molecule has 1 saturated heterocycles. The number of aliphatic hydroxyl groups is 1. The third-order valence-electron chi connectivity index (χ3n) is 4.69. The number of amides is 2. The van der Waals surface area contributed by atoms with Gasteiger partial charge in [0.05, 0.1) is 12.1 Å². The van der Waals surface area contributed by atoms with E-state index in [2.05, 4.69) is 0 Å². The quantitative estimate of drug-likeness (QED) is 0.829. The first-order valence-corrected chi connectivity index (χ1v) is 8.66. The molecule has 142 valence electrons. The van der Waals surface area contributed by atoms with Gasteiger partial charge >= 0.3 is 0 Å². The van der Waals surface area contributed by atoms with Crippen LogP contribution in [0, 0.1) is 0 Å². The van der Waals surface area contributed by atoms with Gasteiger partial charge < -0.3 is 25.4 Å². The monoisotopic (exact) mass is 369 g/mol. The van der Waals surface area contributed by atoms with Crippen LogP contribution in [0.15, 0.2) is 48.5 Å². The van der Waals surface area contributed by atoms with Crippen molar-refractivity contribution >= 4 is 11.8 Å². The molecule has 2 amide bonds. The van der Waals surface area contributed by atoms with Gasteiger partial charge in [-0.1, -0.05) is 0 Å². The Morgan fingerprint density at radius 2 is 1.52 bits per heavy atom. The fourth-order valence-electron chi connectivity index (χ4n) is 3.11. The van der Waals surface area contributed by atoms with Crippen molar-refractivity contribution in [2.24, 2.45) is 5.73 Å². The van der Waals surface area contributed by atoms with Crippen LogP contribution in [-0.4, -0.2) is 66.1 Å². The lowest BCUT2D eigenvalue weighted by Crippen LogP contribution is -2.38. The summed E-state index contributed by atoms with van der Waals surface area (Å²) in [4.78, 5) is 27.3. The number of primary amides is 1. The molecule has 1 fully saturated rings. The Bertz CT molecular complexity index is 818. The van der Waals surface area contributed by atoms with Crippen LogP contribution in [0.3, 0.4) is 0 Å². The average Bonchev–Trinajstić information content (AvgIpc) is 3.04. The van der Waals surface area contributed by atoms with Gasteiger partial charge in [0, 0.05) is 24.2 Å². The van der Waals surface area contributed by atoms with E-state index in [-0.39, 0.29) is 11.9 Å². The number of β-amino-alcohol motifs (C(OH)–C–C–N with tert-alkyl or cyclic N) is 1. The molecule has 0 radical (unpaired) electrons. The van der Waals surface area contributed by atoms with E-state index in [0.29, 0.717) is 35.7 Å². The molecule has 0 spiro atoms. The molecule has 0 aliphatic carbocycles. The van der Waals surface area contributed by atoms with Gasteiger partial charge in [0.2, 0.25) is 5.91 Å². The van der Waals surface area contributed by atoms with Crippen LogP contribution in [0.1, 0.15) is 20.7 Å². The molecule has 3 rings (SSSR count). The van der Waals surface area contributed by atoms with E-state index >= 15 is 0 Å². The maximum atomic E-state index is 12.6. The van der Waals surface area contributed by atoms with E-state index in [9.17, 15) is 14.7 Å². The highest BCUT2D eigenvalue weighted by Crippen LogP contribution is 2.23. The molecule has 2 atom stereocenters. The number of benzene rings is 2. The summed E-state index contributed by atoms with van der Waals surface area (Å²) < 4.78 is 5.72.